The summed E-state index contributed by atoms with van der Waals surface area (Å²) < 4.78 is 13.2. The van der Waals surface area contributed by atoms with Crippen LogP contribution >= 0.6 is 23.4 Å². The maximum atomic E-state index is 13.2. The second-order valence-electron chi connectivity index (χ2n) is 3.85. The largest absolute Gasteiger partial charge is 0.478 e. The second-order valence-corrected chi connectivity index (χ2v) is 5.34. The van der Waals surface area contributed by atoms with Crippen molar-refractivity contribution < 1.29 is 14.3 Å². The molecule has 0 amide bonds. The van der Waals surface area contributed by atoms with E-state index in [-0.39, 0.29) is 5.56 Å². The maximum absolute atomic E-state index is 13.2. The van der Waals surface area contributed by atoms with Crippen LogP contribution in [-0.2, 0) is 5.75 Å². The molecule has 0 heterocycles. The highest BCUT2D eigenvalue weighted by Gasteiger charge is 2.11. The highest BCUT2D eigenvalue weighted by molar-refractivity contribution is 7.98. The summed E-state index contributed by atoms with van der Waals surface area (Å²) in [6.45, 7) is 0. The van der Waals surface area contributed by atoms with E-state index in [1.54, 1.807) is 12.1 Å². The minimum Gasteiger partial charge on any atom is -0.478 e. The Balaban J connectivity index is 2.19. The fourth-order valence-electron chi connectivity index (χ4n) is 1.61. The third kappa shape index (κ3) is 3.72. The summed E-state index contributed by atoms with van der Waals surface area (Å²) in [4.78, 5) is 12.0. The predicted molar refractivity (Wildman–Crippen MR) is 74.4 cm³/mol. The summed E-state index contributed by atoms with van der Waals surface area (Å²) in [7, 11) is 0. The van der Waals surface area contributed by atoms with Gasteiger partial charge in [-0.25, -0.2) is 9.18 Å². The molecular formula is C14H10ClFO2S. The molecule has 98 valence electrons. The van der Waals surface area contributed by atoms with E-state index in [2.05, 4.69) is 0 Å². The molecular weight excluding hydrogens is 287 g/mol. The Hall–Kier alpha value is -1.52. The van der Waals surface area contributed by atoms with Gasteiger partial charge < -0.3 is 5.11 Å². The van der Waals surface area contributed by atoms with Crippen LogP contribution in [0.15, 0.2) is 47.4 Å². The van der Waals surface area contributed by atoms with Crippen LogP contribution in [0.1, 0.15) is 15.9 Å². The standard InChI is InChI=1S/C14H10ClFO2S/c15-10-2-1-3-12(7-10)19-8-9-6-11(16)4-5-13(9)14(17)18/h1-7H,8H2,(H,17,18). The van der Waals surface area contributed by atoms with Gasteiger partial charge in [-0.15, -0.1) is 11.8 Å². The molecule has 0 saturated heterocycles. The summed E-state index contributed by atoms with van der Waals surface area (Å²) in [6, 6.07) is 10.9. The van der Waals surface area contributed by atoms with Crippen LogP contribution in [0.4, 0.5) is 4.39 Å². The Bertz CT molecular complexity index is 616. The van der Waals surface area contributed by atoms with Crippen molar-refractivity contribution in [3.05, 3.63) is 64.4 Å². The molecule has 0 aromatic heterocycles. The molecule has 2 aromatic rings. The van der Waals surface area contributed by atoms with Gasteiger partial charge in [-0.2, -0.15) is 0 Å². The van der Waals surface area contributed by atoms with Crippen molar-refractivity contribution in [3.8, 4) is 0 Å². The molecule has 0 fully saturated rings. The maximum Gasteiger partial charge on any atom is 0.335 e. The van der Waals surface area contributed by atoms with E-state index in [0.29, 0.717) is 16.3 Å². The number of hydrogen-bond acceptors (Lipinski definition) is 2. The van der Waals surface area contributed by atoms with Gasteiger partial charge in [-0.05, 0) is 42.0 Å². The Morgan fingerprint density at radius 3 is 2.74 bits per heavy atom. The summed E-state index contributed by atoms with van der Waals surface area (Å²) in [5.74, 6) is -1.12. The highest BCUT2D eigenvalue weighted by Crippen LogP contribution is 2.27. The molecule has 2 nitrogen and oxygen atoms in total. The van der Waals surface area contributed by atoms with Crippen molar-refractivity contribution >= 4 is 29.3 Å². The van der Waals surface area contributed by atoms with Crippen molar-refractivity contribution in [2.24, 2.45) is 0 Å². The minimum atomic E-state index is -1.05. The third-order valence-corrected chi connectivity index (χ3v) is 3.77. The molecule has 0 atom stereocenters. The first kappa shape index (κ1) is 13.9. The molecule has 1 N–H and O–H groups in total. The van der Waals surface area contributed by atoms with Crippen molar-refractivity contribution in [1.29, 1.82) is 0 Å². The average molecular weight is 297 g/mol. The lowest BCUT2D eigenvalue weighted by atomic mass is 10.1. The summed E-state index contributed by atoms with van der Waals surface area (Å²) in [5, 5.41) is 9.66. The summed E-state index contributed by atoms with van der Waals surface area (Å²) in [6.07, 6.45) is 0. The quantitative estimate of drug-likeness (QED) is 0.846. The molecule has 0 aliphatic carbocycles. The molecule has 0 radical (unpaired) electrons. The zero-order valence-corrected chi connectivity index (χ0v) is 11.3. The number of carboxylic acid groups (broad SMARTS) is 1. The van der Waals surface area contributed by atoms with E-state index >= 15 is 0 Å². The van der Waals surface area contributed by atoms with Crippen LogP contribution in [0.25, 0.3) is 0 Å². The molecule has 0 aliphatic rings. The first-order chi connectivity index (χ1) is 9.06. The lowest BCUT2D eigenvalue weighted by molar-refractivity contribution is 0.0696. The molecule has 5 heteroatoms. The molecule has 19 heavy (non-hydrogen) atoms. The van der Waals surface area contributed by atoms with Crippen LogP contribution < -0.4 is 0 Å². The number of halogens is 2. The van der Waals surface area contributed by atoms with E-state index < -0.39 is 11.8 Å². The van der Waals surface area contributed by atoms with Crippen LogP contribution in [0, 0.1) is 5.82 Å². The van der Waals surface area contributed by atoms with E-state index in [9.17, 15) is 9.18 Å². The highest BCUT2D eigenvalue weighted by atomic mass is 35.5. The molecule has 0 aliphatic heterocycles. The number of aromatic carboxylic acids is 1. The van der Waals surface area contributed by atoms with Gasteiger partial charge in [0.2, 0.25) is 0 Å². The first-order valence-corrected chi connectivity index (χ1v) is 6.83. The number of carboxylic acids is 1. The zero-order valence-electron chi connectivity index (χ0n) is 9.77. The van der Waals surface area contributed by atoms with Gasteiger partial charge in [0.25, 0.3) is 0 Å². The lowest BCUT2D eigenvalue weighted by Crippen LogP contribution is -2.02. The molecule has 2 rings (SSSR count). The molecule has 0 unspecified atom stereocenters. The Morgan fingerprint density at radius 2 is 2.05 bits per heavy atom. The van der Waals surface area contributed by atoms with Gasteiger partial charge in [-0.1, -0.05) is 17.7 Å². The third-order valence-electron chi connectivity index (χ3n) is 2.49. The van der Waals surface area contributed by atoms with Gasteiger partial charge >= 0.3 is 5.97 Å². The monoisotopic (exact) mass is 296 g/mol. The Kier molecular flexibility index (Phi) is 4.45. The van der Waals surface area contributed by atoms with E-state index in [0.717, 1.165) is 11.0 Å². The second kappa shape index (κ2) is 6.08. The van der Waals surface area contributed by atoms with Crippen LogP contribution in [0.2, 0.25) is 5.02 Å². The number of hydrogen-bond donors (Lipinski definition) is 1. The van der Waals surface area contributed by atoms with Crippen LogP contribution in [0.5, 0.6) is 0 Å². The van der Waals surface area contributed by atoms with E-state index in [4.69, 9.17) is 16.7 Å². The molecule has 2 aromatic carbocycles. The number of thioether (sulfide) groups is 1. The Labute approximate surface area is 119 Å². The van der Waals surface area contributed by atoms with Gasteiger partial charge in [0.1, 0.15) is 5.82 Å². The smallest absolute Gasteiger partial charge is 0.335 e. The fourth-order valence-corrected chi connectivity index (χ4v) is 2.81. The van der Waals surface area contributed by atoms with Gasteiger partial charge in [0, 0.05) is 15.7 Å². The summed E-state index contributed by atoms with van der Waals surface area (Å²) in [5.41, 5.74) is 0.577. The van der Waals surface area contributed by atoms with Crippen LogP contribution in [0.3, 0.4) is 0 Å². The van der Waals surface area contributed by atoms with Crippen molar-refractivity contribution in [3.63, 3.8) is 0 Å². The molecule has 0 spiro atoms. The Morgan fingerprint density at radius 1 is 1.26 bits per heavy atom. The van der Waals surface area contributed by atoms with E-state index in [1.165, 1.54) is 23.9 Å². The van der Waals surface area contributed by atoms with Crippen molar-refractivity contribution in [2.45, 2.75) is 10.6 Å². The van der Waals surface area contributed by atoms with Crippen molar-refractivity contribution in [2.75, 3.05) is 0 Å². The SMILES string of the molecule is O=C(O)c1ccc(F)cc1CSc1cccc(Cl)c1. The first-order valence-electron chi connectivity index (χ1n) is 5.46. The predicted octanol–water partition coefficient (Wildman–Crippen LogP) is 4.47. The normalized spacial score (nSPS) is 10.4. The van der Waals surface area contributed by atoms with Gasteiger partial charge in [0.15, 0.2) is 0 Å². The van der Waals surface area contributed by atoms with Gasteiger partial charge in [0.05, 0.1) is 5.56 Å². The average Bonchev–Trinajstić information content (AvgIpc) is 2.36. The minimum absolute atomic E-state index is 0.121. The number of carbonyl (C=O) groups is 1. The number of benzene rings is 2. The summed E-state index contributed by atoms with van der Waals surface area (Å²) >= 11 is 7.28. The van der Waals surface area contributed by atoms with E-state index in [1.807, 2.05) is 12.1 Å². The van der Waals surface area contributed by atoms with Crippen molar-refractivity contribution in [1.82, 2.24) is 0 Å². The van der Waals surface area contributed by atoms with Gasteiger partial charge in [-0.3, -0.25) is 0 Å². The molecule has 0 saturated carbocycles. The fraction of sp³-hybridized carbons (Fsp3) is 0.0714. The number of rotatable bonds is 4. The molecule has 0 bridgehead atoms. The lowest BCUT2D eigenvalue weighted by Gasteiger charge is -2.06. The van der Waals surface area contributed by atoms with Crippen LogP contribution in [-0.4, -0.2) is 11.1 Å². The topological polar surface area (TPSA) is 37.3 Å². The zero-order chi connectivity index (χ0) is 13.8.